The van der Waals surface area contributed by atoms with Gasteiger partial charge in [0.05, 0.1) is 4.92 Å². The van der Waals surface area contributed by atoms with Crippen molar-refractivity contribution < 1.29 is 19.4 Å². The first-order valence-corrected chi connectivity index (χ1v) is 6.72. The van der Waals surface area contributed by atoms with E-state index in [2.05, 4.69) is 10.3 Å². The summed E-state index contributed by atoms with van der Waals surface area (Å²) in [6, 6.07) is 6.45. The van der Waals surface area contributed by atoms with Crippen LogP contribution in [-0.4, -0.2) is 27.3 Å². The van der Waals surface area contributed by atoms with E-state index >= 15 is 0 Å². The molecule has 11 heteroatoms. The summed E-state index contributed by atoms with van der Waals surface area (Å²) in [4.78, 5) is 35.5. The lowest BCUT2D eigenvalue weighted by molar-refractivity contribution is -0.390. The summed E-state index contributed by atoms with van der Waals surface area (Å²) in [6.07, 6.45) is 1.22. The summed E-state index contributed by atoms with van der Waals surface area (Å²) < 4.78 is 5.06. The van der Waals surface area contributed by atoms with Crippen LogP contribution >= 0.6 is 11.6 Å². The number of nitro groups is 2. The Labute approximate surface area is 139 Å². The molecule has 2 aromatic rings. The summed E-state index contributed by atoms with van der Waals surface area (Å²) >= 11 is 5.67. The fraction of sp³-hybridized carbons (Fsp3) is 0.0769. The molecule has 1 heterocycles. The molecule has 0 atom stereocenters. The zero-order chi connectivity index (χ0) is 17.7. The number of halogens is 1. The van der Waals surface area contributed by atoms with E-state index in [4.69, 9.17) is 16.3 Å². The normalized spacial score (nSPS) is 10.0. The molecule has 1 amide bonds. The quantitative estimate of drug-likeness (QED) is 0.622. The van der Waals surface area contributed by atoms with E-state index in [0.29, 0.717) is 0 Å². The molecule has 0 aliphatic heterocycles. The molecule has 10 nitrogen and oxygen atoms in total. The van der Waals surface area contributed by atoms with Gasteiger partial charge >= 0.3 is 5.82 Å². The highest BCUT2D eigenvalue weighted by Gasteiger charge is 2.17. The van der Waals surface area contributed by atoms with Gasteiger partial charge in [-0.05, 0) is 34.2 Å². The van der Waals surface area contributed by atoms with Crippen LogP contribution in [0.2, 0.25) is 5.02 Å². The molecule has 0 fully saturated rings. The number of nitro benzene ring substituents is 1. The molecular weight excluding hydrogens is 344 g/mol. The maximum absolute atomic E-state index is 11.8. The number of pyridine rings is 1. The van der Waals surface area contributed by atoms with Gasteiger partial charge in [0.2, 0.25) is 5.75 Å². The molecule has 2 rings (SSSR count). The van der Waals surface area contributed by atoms with Gasteiger partial charge < -0.3 is 20.2 Å². The number of benzene rings is 1. The average Bonchev–Trinajstić information content (AvgIpc) is 2.54. The second-order valence-corrected chi connectivity index (χ2v) is 4.75. The summed E-state index contributed by atoms with van der Waals surface area (Å²) in [5.41, 5.74) is -0.223. The number of aromatic nitrogens is 1. The first-order chi connectivity index (χ1) is 11.4. The van der Waals surface area contributed by atoms with Crippen LogP contribution in [0.3, 0.4) is 0 Å². The predicted octanol–water partition coefficient (Wildman–Crippen LogP) is 2.57. The fourth-order valence-corrected chi connectivity index (χ4v) is 1.89. The molecule has 0 saturated carbocycles. The van der Waals surface area contributed by atoms with E-state index in [1.165, 1.54) is 30.5 Å². The number of hydrogen-bond donors (Lipinski definition) is 1. The molecule has 124 valence electrons. The number of anilines is 1. The van der Waals surface area contributed by atoms with E-state index in [1.54, 1.807) is 0 Å². The number of hydrogen-bond acceptors (Lipinski definition) is 7. The van der Waals surface area contributed by atoms with Crippen molar-refractivity contribution in [3.8, 4) is 5.75 Å². The van der Waals surface area contributed by atoms with Gasteiger partial charge in [-0.1, -0.05) is 11.6 Å². The highest BCUT2D eigenvalue weighted by molar-refractivity contribution is 6.32. The van der Waals surface area contributed by atoms with Crippen LogP contribution in [-0.2, 0) is 4.79 Å². The van der Waals surface area contributed by atoms with Crippen molar-refractivity contribution in [1.82, 2.24) is 4.98 Å². The lowest BCUT2D eigenvalue weighted by Crippen LogP contribution is -2.20. The zero-order valence-corrected chi connectivity index (χ0v) is 12.6. The first-order valence-electron chi connectivity index (χ1n) is 6.34. The van der Waals surface area contributed by atoms with Gasteiger partial charge in [-0.2, -0.15) is 0 Å². The number of nitrogens with zero attached hydrogens (tertiary/aromatic N) is 3. The third kappa shape index (κ3) is 4.14. The Morgan fingerprint density at radius 2 is 2.00 bits per heavy atom. The van der Waals surface area contributed by atoms with Gasteiger partial charge in [-0.3, -0.25) is 14.9 Å². The molecule has 0 radical (unpaired) electrons. The monoisotopic (exact) mass is 352 g/mol. The number of carbonyl (C=O) groups excluding carboxylic acids is 1. The number of carbonyl (C=O) groups is 1. The maximum Gasteiger partial charge on any atom is 0.406 e. The SMILES string of the molecule is O=C(COc1cccnc1[N+](=O)[O-])Nc1ccc(Cl)c([N+](=O)[O-])c1. The molecule has 0 aliphatic rings. The van der Waals surface area contributed by atoms with Crippen LogP contribution in [0.15, 0.2) is 36.5 Å². The molecule has 0 saturated heterocycles. The summed E-state index contributed by atoms with van der Waals surface area (Å²) in [5, 5.41) is 23.9. The van der Waals surface area contributed by atoms with E-state index in [1.807, 2.05) is 0 Å². The maximum atomic E-state index is 11.8. The Hall–Kier alpha value is -3.27. The standard InChI is InChI=1S/C13H9ClN4O6/c14-9-4-3-8(6-10(9)17(20)21)16-12(19)7-24-11-2-1-5-15-13(11)18(22)23/h1-6H,7H2,(H,16,19). The molecule has 1 aromatic heterocycles. The van der Waals surface area contributed by atoms with E-state index < -0.39 is 28.2 Å². The van der Waals surface area contributed by atoms with Crippen molar-refractivity contribution >= 4 is 34.7 Å². The van der Waals surface area contributed by atoms with Crippen LogP contribution < -0.4 is 10.1 Å². The highest BCUT2D eigenvalue weighted by atomic mass is 35.5. The van der Waals surface area contributed by atoms with E-state index in [0.717, 1.165) is 6.07 Å². The van der Waals surface area contributed by atoms with Gasteiger partial charge in [0, 0.05) is 11.8 Å². The van der Waals surface area contributed by atoms with Crippen molar-refractivity contribution in [2.24, 2.45) is 0 Å². The number of nitrogens with one attached hydrogen (secondary N) is 1. The lowest BCUT2D eigenvalue weighted by Gasteiger charge is -2.07. The number of ether oxygens (including phenoxy) is 1. The molecule has 0 aliphatic carbocycles. The van der Waals surface area contributed by atoms with E-state index in [9.17, 15) is 25.0 Å². The molecule has 0 unspecified atom stereocenters. The molecule has 24 heavy (non-hydrogen) atoms. The van der Waals surface area contributed by atoms with Gasteiger partial charge in [0.1, 0.15) is 11.2 Å². The summed E-state index contributed by atoms with van der Waals surface area (Å²) in [5.74, 6) is -1.35. The molecule has 0 bridgehead atoms. The molecular formula is C13H9ClN4O6. The first kappa shape index (κ1) is 17.1. The number of rotatable bonds is 6. The Bertz CT molecular complexity index is 813. The van der Waals surface area contributed by atoms with Crippen molar-refractivity contribution in [1.29, 1.82) is 0 Å². The minimum atomic E-state index is -0.740. The minimum absolute atomic E-state index is 0.0692. The van der Waals surface area contributed by atoms with Gasteiger partial charge in [-0.15, -0.1) is 0 Å². The Balaban J connectivity index is 2.03. The highest BCUT2D eigenvalue weighted by Crippen LogP contribution is 2.27. The molecule has 0 spiro atoms. The lowest BCUT2D eigenvalue weighted by atomic mass is 10.3. The van der Waals surface area contributed by atoms with Crippen molar-refractivity contribution in [3.63, 3.8) is 0 Å². The summed E-state index contributed by atoms with van der Waals surface area (Å²) in [7, 11) is 0. The average molecular weight is 353 g/mol. The summed E-state index contributed by atoms with van der Waals surface area (Å²) in [6.45, 7) is -0.539. The largest absolute Gasteiger partial charge is 0.476 e. The van der Waals surface area contributed by atoms with Gasteiger partial charge in [0.25, 0.3) is 11.6 Å². The smallest absolute Gasteiger partial charge is 0.406 e. The fourth-order valence-electron chi connectivity index (χ4n) is 1.70. The second kappa shape index (κ2) is 7.33. The van der Waals surface area contributed by atoms with Gasteiger partial charge in [-0.25, -0.2) is 0 Å². The van der Waals surface area contributed by atoms with Crippen LogP contribution in [0.4, 0.5) is 17.2 Å². The second-order valence-electron chi connectivity index (χ2n) is 4.34. The van der Waals surface area contributed by atoms with Gasteiger partial charge in [0.15, 0.2) is 6.61 Å². The van der Waals surface area contributed by atoms with Crippen LogP contribution in [0.25, 0.3) is 0 Å². The molecule has 1 N–H and O–H groups in total. The van der Waals surface area contributed by atoms with Crippen molar-refractivity contribution in [2.75, 3.05) is 11.9 Å². The van der Waals surface area contributed by atoms with Crippen LogP contribution in [0, 0.1) is 20.2 Å². The van der Waals surface area contributed by atoms with Crippen molar-refractivity contribution in [2.45, 2.75) is 0 Å². The predicted molar refractivity (Wildman–Crippen MR) is 83.1 cm³/mol. The van der Waals surface area contributed by atoms with E-state index in [-0.39, 0.29) is 22.1 Å². The third-order valence-corrected chi connectivity index (χ3v) is 3.03. The van der Waals surface area contributed by atoms with Crippen LogP contribution in [0.5, 0.6) is 5.75 Å². The molecule has 1 aromatic carbocycles. The third-order valence-electron chi connectivity index (χ3n) is 2.71. The topological polar surface area (TPSA) is 138 Å². The van der Waals surface area contributed by atoms with Crippen LogP contribution in [0.1, 0.15) is 0 Å². The Morgan fingerprint density at radius 1 is 1.25 bits per heavy atom. The van der Waals surface area contributed by atoms with Crippen molar-refractivity contribution in [3.05, 3.63) is 61.8 Å². The zero-order valence-electron chi connectivity index (χ0n) is 11.8. The number of amides is 1. The Morgan fingerprint density at radius 3 is 2.67 bits per heavy atom. The minimum Gasteiger partial charge on any atom is -0.476 e. The Kier molecular flexibility index (Phi) is 5.22.